The number of nitrogens with one attached hydrogen (secondary N) is 11. The summed E-state index contributed by atoms with van der Waals surface area (Å²) in [5, 5.41) is 67.8. The van der Waals surface area contributed by atoms with Gasteiger partial charge < -0.3 is 136 Å². The number of aromatic nitrogens is 2. The van der Waals surface area contributed by atoms with Crippen LogP contribution >= 0.6 is 11.8 Å². The lowest BCUT2D eigenvalue weighted by molar-refractivity contribution is -0.149. The van der Waals surface area contributed by atoms with Crippen LogP contribution in [0.2, 0.25) is 0 Å². The SMILES string of the molecule is CCCC[C@H]1C(=O)N(C)[C@@H](CCCC)C(=O)N[C@@H](CC(=O)O)C(=O)N[C@H](C(=O)NCC(N)=O)CSCC(=O)N[C@@H](Cc2ccc(O)cc2)C(=O)N(C)[C@@H](C)C(=O)N[C@@H](CC(N)=O)C(=O)N2CCCC2C(=O)N[C@@H](CN)C(=O)N[C@@H](CC(N)=O)C(=O)N2C[C@H](O)C[C@H]2C(=O)N[C@@H](Cc2c[nH]c3ccccc23)C(=O)N[C@@H](CCN)C(=O)N[C@@H](Cc2cn(CC(=O)O)c3ccccc23)C(=O)N1C. The monoisotopic (exact) mass is 1890 g/mol. The lowest BCUT2D eigenvalue weighted by Crippen LogP contribution is -2.62. The molecule has 8 rings (SSSR count). The molecule has 0 aliphatic carbocycles. The Morgan fingerprint density at radius 3 is 1.68 bits per heavy atom. The molecule has 3 saturated heterocycles. The number of benzene rings is 3. The third-order valence-electron chi connectivity index (χ3n) is 23.4. The third kappa shape index (κ3) is 28.8. The van der Waals surface area contributed by atoms with Gasteiger partial charge in [-0.1, -0.05) is 88.1 Å². The molecule has 18 amide bonds. The smallest absolute Gasteiger partial charge is 0.323 e. The number of carbonyl (C=O) groups excluding carboxylic acids is 18. The molecule has 3 aliphatic rings. The number of carboxylic acids is 2. The Morgan fingerprint density at radius 1 is 0.515 bits per heavy atom. The van der Waals surface area contributed by atoms with Crippen molar-refractivity contribution in [2.75, 3.05) is 65.4 Å². The maximum Gasteiger partial charge on any atom is 0.323 e. The van der Waals surface area contributed by atoms with E-state index in [1.54, 1.807) is 68.6 Å². The van der Waals surface area contributed by atoms with E-state index in [1.165, 1.54) is 56.0 Å². The molecule has 3 aromatic carbocycles. The van der Waals surface area contributed by atoms with Gasteiger partial charge in [-0.2, -0.15) is 0 Å². The topological polar surface area (TPSA) is 710 Å². The summed E-state index contributed by atoms with van der Waals surface area (Å²) in [6.07, 6.45) is -2.54. The van der Waals surface area contributed by atoms with Crippen molar-refractivity contribution < 1.29 is 116 Å². The molecule has 5 heterocycles. The number of fused-ring (bicyclic) bond motifs is 4. The average Bonchev–Trinajstić information content (AvgIpc) is 1.64. The van der Waals surface area contributed by atoms with Gasteiger partial charge in [0.2, 0.25) is 106 Å². The Morgan fingerprint density at radius 2 is 1.05 bits per heavy atom. The van der Waals surface area contributed by atoms with E-state index >= 15 is 28.8 Å². The molecule has 3 fully saturated rings. The predicted octanol–water partition coefficient (Wildman–Crippen LogP) is -5.98. The Balaban J connectivity index is 1.21. The summed E-state index contributed by atoms with van der Waals surface area (Å²) in [5.74, 6) is -23.7. The van der Waals surface area contributed by atoms with Gasteiger partial charge in [-0.05, 0) is 86.5 Å². The van der Waals surface area contributed by atoms with E-state index in [9.17, 15) is 87.5 Å². The van der Waals surface area contributed by atoms with Crippen molar-refractivity contribution in [1.82, 2.24) is 87.2 Å². The van der Waals surface area contributed by atoms with Crippen LogP contribution in [0.1, 0.15) is 121 Å². The number of aliphatic hydroxyl groups excluding tert-OH is 1. The molecule has 0 bridgehead atoms. The van der Waals surface area contributed by atoms with Crippen molar-refractivity contribution in [3.05, 3.63) is 102 Å². The molecule has 2 aromatic heterocycles. The zero-order chi connectivity index (χ0) is 98.6. The number of nitrogens with zero attached hydrogens (tertiary/aromatic N) is 6. The largest absolute Gasteiger partial charge is 0.508 e. The molecule has 46 nitrogen and oxygen atoms in total. The third-order valence-corrected chi connectivity index (χ3v) is 24.5. The zero-order valence-corrected chi connectivity index (χ0v) is 76.0. The van der Waals surface area contributed by atoms with Crippen molar-refractivity contribution in [2.24, 2.45) is 28.7 Å². The standard InChI is InChI=1S/C87H120N22O24S/c1-7-9-19-64-80(126)98-56(36-72(116)117)78(124)103-62(75(121)94-39-70(92)114)43-134-44-71(115)95-57(30-46-23-25-49(110)26-24-46)83(129)104(4)45(3)74(120)99-59(34-68(90)112)85(131)108-29-15-22-65(108)81(127)102-61(37-89)79(125)101-60(35-69(91)113)86(132)109-41-50(111)33-67(109)82(128)97-55(31-47-38-93-53-18-13-11-16-51(47)53)77(123)96-54(27-28-88)76(122)100-58(84(130)106(6)66(20-10-8-2)87(133)105(64)5)32-48-40-107(42-73(118)119)63-21-14-12-17-52(48)63/h11-14,16-18,21,23-26,38,40,45,50,54-62,64-67,93,110-111H,7-10,15,19-20,22,27-37,39,41-44,88-89H2,1-6H3,(H2,90,112)(H2,91,113)(H2,92,114)(H,94,121)(H,95,115)(H,96,123)(H,97,128)(H,98,126)(H,99,120)(H,100,122)(H,101,125)(H,102,127)(H,103,124)(H,116,117)(H,118,119)/t45-,50+,54-,55-,56-,57-,58-,59-,60-,61-,62-,64-,65?,66-,67-/m0/s1. The first-order valence-electron chi connectivity index (χ1n) is 43.8. The van der Waals surface area contributed by atoms with Crippen LogP contribution < -0.4 is 81.8 Å². The molecule has 3 aliphatic heterocycles. The van der Waals surface area contributed by atoms with Gasteiger partial charge in [0, 0.05) is 106 Å². The van der Waals surface area contributed by atoms with Gasteiger partial charge in [0.1, 0.15) is 96.9 Å². The highest BCUT2D eigenvalue weighted by Gasteiger charge is 2.47. The Kier molecular flexibility index (Phi) is 39.1. The highest BCUT2D eigenvalue weighted by atomic mass is 32.2. The Hall–Kier alpha value is -13.8. The van der Waals surface area contributed by atoms with Gasteiger partial charge in [0.15, 0.2) is 0 Å². The van der Waals surface area contributed by atoms with Crippen LogP contribution in [0.25, 0.3) is 21.8 Å². The summed E-state index contributed by atoms with van der Waals surface area (Å²) in [7, 11) is 3.64. The minimum Gasteiger partial charge on any atom is -0.508 e. The number of likely N-dealkylation sites (N-methyl/N-ethyl adjacent to an activating group) is 3. The molecule has 25 N–H and O–H groups in total. The van der Waals surface area contributed by atoms with Gasteiger partial charge >= 0.3 is 11.9 Å². The quantitative estimate of drug-likeness (QED) is 0.0245. The number of thioether (sulfide) groups is 1. The number of para-hydroxylation sites is 2. The molecule has 1 unspecified atom stereocenters. The molecule has 728 valence electrons. The summed E-state index contributed by atoms with van der Waals surface area (Å²) >= 11 is 0.655. The predicted molar refractivity (Wildman–Crippen MR) is 482 cm³/mol. The number of nitrogens with two attached hydrogens (primary N) is 5. The van der Waals surface area contributed by atoms with Gasteiger partial charge in [-0.3, -0.25) is 95.9 Å². The van der Waals surface area contributed by atoms with E-state index < -0.39 is 279 Å². The number of phenolic OH excluding ortho intramolecular Hbond substituents is 1. The van der Waals surface area contributed by atoms with Gasteiger partial charge in [0.05, 0.1) is 37.7 Å². The van der Waals surface area contributed by atoms with Crippen molar-refractivity contribution in [3.63, 3.8) is 0 Å². The van der Waals surface area contributed by atoms with Crippen molar-refractivity contribution in [3.8, 4) is 5.75 Å². The minimum atomic E-state index is -2.06. The molecule has 47 heteroatoms. The number of aromatic amines is 1. The fraction of sp³-hybridized carbons (Fsp3) is 0.517. The summed E-state index contributed by atoms with van der Waals surface area (Å²) in [4.78, 5) is 294. The summed E-state index contributed by atoms with van der Waals surface area (Å²) < 4.78 is 1.39. The number of H-pyrrole nitrogens is 1. The second-order valence-electron chi connectivity index (χ2n) is 33.3. The number of primary amides is 3. The van der Waals surface area contributed by atoms with Crippen LogP contribution in [0.4, 0.5) is 0 Å². The number of phenols is 1. The number of unbranched alkanes of at least 4 members (excludes halogenated alkanes) is 2. The van der Waals surface area contributed by atoms with Gasteiger partial charge in [-0.15, -0.1) is 11.8 Å². The lowest BCUT2D eigenvalue weighted by Gasteiger charge is -2.36. The number of aliphatic carboxylic acids is 2. The fourth-order valence-corrected chi connectivity index (χ4v) is 17.0. The first-order chi connectivity index (χ1) is 63.6. The van der Waals surface area contributed by atoms with Crippen molar-refractivity contribution >= 4 is 152 Å². The van der Waals surface area contributed by atoms with E-state index in [1.807, 2.05) is 0 Å². The van der Waals surface area contributed by atoms with Gasteiger partial charge in [-0.25, -0.2) is 0 Å². The number of carbonyl (C=O) groups is 20. The van der Waals surface area contributed by atoms with E-state index in [4.69, 9.17) is 28.7 Å². The van der Waals surface area contributed by atoms with E-state index in [0.717, 1.165) is 31.5 Å². The number of hydrogen-bond donors (Lipinski definition) is 20. The molecule has 15 atom stereocenters. The van der Waals surface area contributed by atoms with Crippen LogP contribution in [0.3, 0.4) is 0 Å². The maximum atomic E-state index is 15.9. The second-order valence-corrected chi connectivity index (χ2v) is 34.3. The zero-order valence-electron chi connectivity index (χ0n) is 75.1. The maximum absolute atomic E-state index is 15.9. The summed E-state index contributed by atoms with van der Waals surface area (Å²) in [6, 6.07) is -5.25. The molecule has 0 radical (unpaired) electrons. The van der Waals surface area contributed by atoms with Crippen LogP contribution in [0.15, 0.2) is 85.2 Å². The number of hydrogen-bond acceptors (Lipinski definition) is 25. The molecular weight excluding hydrogens is 1770 g/mol. The van der Waals surface area contributed by atoms with Crippen molar-refractivity contribution in [1.29, 1.82) is 0 Å². The fourth-order valence-electron chi connectivity index (χ4n) is 16.2. The minimum absolute atomic E-state index is 0.0955. The number of rotatable bonds is 26. The van der Waals surface area contributed by atoms with E-state index in [0.29, 0.717) is 63.1 Å². The van der Waals surface area contributed by atoms with Crippen LogP contribution in [0.5, 0.6) is 5.75 Å². The number of aromatic hydroxyl groups is 1. The summed E-state index contributed by atoms with van der Waals surface area (Å²) in [5.41, 5.74) is 31.0. The Labute approximate surface area is 774 Å². The van der Waals surface area contributed by atoms with Crippen LogP contribution in [-0.4, -0.2) is 329 Å². The lowest BCUT2D eigenvalue weighted by atomic mass is 9.99. The van der Waals surface area contributed by atoms with E-state index in [-0.39, 0.29) is 76.6 Å². The number of carboxylic acid groups (broad SMARTS) is 2. The van der Waals surface area contributed by atoms with Crippen LogP contribution in [0, 0.1) is 0 Å². The highest BCUT2D eigenvalue weighted by molar-refractivity contribution is 8.00. The first-order valence-corrected chi connectivity index (χ1v) is 45.0. The van der Waals surface area contributed by atoms with Crippen LogP contribution in [-0.2, 0) is 122 Å². The normalized spacial score (nSPS) is 24.8. The number of aliphatic hydroxyl groups is 1. The molecular formula is C87H120N22O24S. The average molecular weight is 1890 g/mol. The molecule has 5 aromatic rings. The van der Waals surface area contributed by atoms with E-state index in [2.05, 4.69) is 58.2 Å². The Bertz CT molecular complexity index is 5170. The van der Waals surface area contributed by atoms with Gasteiger partial charge in [0.25, 0.3) is 0 Å². The van der Waals surface area contributed by atoms with Crippen molar-refractivity contribution in [2.45, 2.75) is 221 Å². The first kappa shape index (κ1) is 106. The molecule has 0 spiro atoms. The molecule has 0 saturated carbocycles. The number of amides is 18. The second kappa shape index (κ2) is 49.6. The summed E-state index contributed by atoms with van der Waals surface area (Å²) in [6.45, 7) is 1.50. The molecule has 134 heavy (non-hydrogen) atoms. The highest BCUT2D eigenvalue weighted by Crippen LogP contribution is 2.29.